The molecule has 0 bridgehead atoms. The summed E-state index contributed by atoms with van der Waals surface area (Å²) in [6.07, 6.45) is 3.27. The zero-order valence-electron chi connectivity index (χ0n) is 12.2. The predicted octanol–water partition coefficient (Wildman–Crippen LogP) is 3.69. The summed E-state index contributed by atoms with van der Waals surface area (Å²) in [5.74, 6) is 1.75. The van der Waals surface area contributed by atoms with Crippen molar-refractivity contribution in [3.63, 3.8) is 0 Å². The molecule has 0 fully saturated rings. The molecular formula is C16H25NO2. The van der Waals surface area contributed by atoms with Gasteiger partial charge in [-0.15, -0.1) is 0 Å². The average molecular weight is 263 g/mol. The first-order chi connectivity index (χ1) is 9.24. The van der Waals surface area contributed by atoms with E-state index >= 15 is 0 Å². The van der Waals surface area contributed by atoms with Crippen molar-refractivity contribution in [1.29, 1.82) is 0 Å². The second-order valence-electron chi connectivity index (χ2n) is 5.16. The lowest BCUT2D eigenvalue weighted by atomic mass is 10.0. The fourth-order valence-corrected chi connectivity index (χ4v) is 2.42. The molecule has 0 saturated carbocycles. The minimum atomic E-state index is 0.335. The summed E-state index contributed by atoms with van der Waals surface area (Å²) >= 11 is 0. The number of fused-ring (bicyclic) bond motifs is 1. The van der Waals surface area contributed by atoms with Crippen molar-refractivity contribution in [2.75, 3.05) is 13.2 Å². The van der Waals surface area contributed by atoms with E-state index in [2.05, 4.69) is 38.2 Å². The summed E-state index contributed by atoms with van der Waals surface area (Å²) in [7, 11) is 0. The fraction of sp³-hybridized carbons (Fsp3) is 0.625. The predicted molar refractivity (Wildman–Crippen MR) is 78.0 cm³/mol. The highest BCUT2D eigenvalue weighted by atomic mass is 16.5. The Balaban J connectivity index is 2.10. The molecule has 1 aliphatic rings. The second-order valence-corrected chi connectivity index (χ2v) is 5.16. The molecule has 106 valence electrons. The van der Waals surface area contributed by atoms with Gasteiger partial charge in [0, 0.05) is 18.5 Å². The number of benzene rings is 1. The van der Waals surface area contributed by atoms with Crippen molar-refractivity contribution < 1.29 is 9.47 Å². The van der Waals surface area contributed by atoms with Gasteiger partial charge in [-0.25, -0.2) is 0 Å². The van der Waals surface area contributed by atoms with E-state index in [1.807, 2.05) is 6.07 Å². The van der Waals surface area contributed by atoms with Crippen LogP contribution in [0.5, 0.6) is 11.5 Å². The van der Waals surface area contributed by atoms with Crippen LogP contribution in [0.1, 0.15) is 51.6 Å². The third kappa shape index (κ3) is 3.63. The van der Waals surface area contributed by atoms with Crippen LogP contribution in [0.15, 0.2) is 18.2 Å². The Bertz CT molecular complexity index is 402. The first kappa shape index (κ1) is 14.2. The highest BCUT2D eigenvalue weighted by Gasteiger charge is 2.15. The van der Waals surface area contributed by atoms with Crippen LogP contribution in [-0.4, -0.2) is 19.3 Å². The highest BCUT2D eigenvalue weighted by Crippen LogP contribution is 2.32. The van der Waals surface area contributed by atoms with Crippen molar-refractivity contribution in [1.82, 2.24) is 5.32 Å². The minimum absolute atomic E-state index is 0.335. The first-order valence-corrected chi connectivity index (χ1v) is 7.40. The molecule has 2 rings (SSSR count). The van der Waals surface area contributed by atoms with Crippen molar-refractivity contribution >= 4 is 0 Å². The first-order valence-electron chi connectivity index (χ1n) is 7.40. The molecule has 3 nitrogen and oxygen atoms in total. The molecule has 0 aliphatic carbocycles. The number of nitrogens with one attached hydrogen (secondary N) is 1. The van der Waals surface area contributed by atoms with E-state index in [0.717, 1.165) is 44.0 Å². The molecule has 3 heteroatoms. The summed E-state index contributed by atoms with van der Waals surface area (Å²) in [5, 5.41) is 3.66. The Labute approximate surface area is 116 Å². The zero-order chi connectivity index (χ0) is 13.7. The van der Waals surface area contributed by atoms with Gasteiger partial charge in [-0.2, -0.15) is 0 Å². The van der Waals surface area contributed by atoms with Gasteiger partial charge in [-0.05, 0) is 37.5 Å². The van der Waals surface area contributed by atoms with Gasteiger partial charge in [0.25, 0.3) is 0 Å². The van der Waals surface area contributed by atoms with Crippen molar-refractivity contribution in [2.24, 2.45) is 0 Å². The van der Waals surface area contributed by atoms with Crippen LogP contribution in [0, 0.1) is 0 Å². The van der Waals surface area contributed by atoms with Crippen LogP contribution in [-0.2, 0) is 0 Å². The molecule has 1 aromatic carbocycles. The lowest BCUT2D eigenvalue weighted by Gasteiger charge is -2.22. The molecule has 0 spiro atoms. The zero-order valence-corrected chi connectivity index (χ0v) is 12.2. The van der Waals surface area contributed by atoms with Crippen LogP contribution in [0.25, 0.3) is 0 Å². The highest BCUT2D eigenvalue weighted by molar-refractivity contribution is 5.44. The maximum Gasteiger partial charge on any atom is 0.161 e. The Hall–Kier alpha value is -1.22. The van der Waals surface area contributed by atoms with Gasteiger partial charge in [-0.1, -0.05) is 19.9 Å². The summed E-state index contributed by atoms with van der Waals surface area (Å²) in [4.78, 5) is 0. The normalized spacial score (nSPS) is 16.2. The van der Waals surface area contributed by atoms with Crippen LogP contribution in [0.3, 0.4) is 0 Å². The van der Waals surface area contributed by atoms with E-state index < -0.39 is 0 Å². The van der Waals surface area contributed by atoms with Crippen molar-refractivity contribution in [2.45, 2.75) is 52.1 Å². The molecule has 0 amide bonds. The average Bonchev–Trinajstić information content (AvgIpc) is 2.68. The van der Waals surface area contributed by atoms with E-state index in [-0.39, 0.29) is 0 Å². The molecule has 19 heavy (non-hydrogen) atoms. The van der Waals surface area contributed by atoms with Crippen LogP contribution in [0.2, 0.25) is 0 Å². The van der Waals surface area contributed by atoms with Crippen LogP contribution in [0.4, 0.5) is 0 Å². The molecular weight excluding hydrogens is 238 g/mol. The topological polar surface area (TPSA) is 30.5 Å². The number of hydrogen-bond acceptors (Lipinski definition) is 3. The number of hydrogen-bond donors (Lipinski definition) is 1. The Morgan fingerprint density at radius 3 is 2.47 bits per heavy atom. The number of rotatable bonds is 5. The summed E-state index contributed by atoms with van der Waals surface area (Å²) < 4.78 is 11.4. The van der Waals surface area contributed by atoms with Crippen molar-refractivity contribution in [3.8, 4) is 11.5 Å². The third-order valence-electron chi connectivity index (χ3n) is 3.74. The van der Waals surface area contributed by atoms with Gasteiger partial charge in [0.15, 0.2) is 11.5 Å². The Morgan fingerprint density at radius 1 is 1.11 bits per heavy atom. The molecule has 1 unspecified atom stereocenters. The van der Waals surface area contributed by atoms with E-state index in [1.54, 1.807) is 0 Å². The maximum atomic E-state index is 5.74. The van der Waals surface area contributed by atoms with E-state index in [4.69, 9.17) is 9.47 Å². The summed E-state index contributed by atoms with van der Waals surface area (Å²) in [5.41, 5.74) is 1.26. The lowest BCUT2D eigenvalue weighted by molar-refractivity contribution is 0.297. The van der Waals surface area contributed by atoms with Crippen LogP contribution >= 0.6 is 0 Å². The SMILES string of the molecule is CCC(CC)NC(C)c1ccc2c(c1)OCCCO2. The molecule has 0 radical (unpaired) electrons. The second kappa shape index (κ2) is 6.80. The summed E-state index contributed by atoms with van der Waals surface area (Å²) in [6, 6.07) is 7.18. The van der Waals surface area contributed by atoms with Gasteiger partial charge in [0.1, 0.15) is 0 Å². The minimum Gasteiger partial charge on any atom is -0.490 e. The van der Waals surface area contributed by atoms with Crippen LogP contribution < -0.4 is 14.8 Å². The van der Waals surface area contributed by atoms with Gasteiger partial charge < -0.3 is 14.8 Å². The van der Waals surface area contributed by atoms with Gasteiger partial charge in [0.05, 0.1) is 13.2 Å². The van der Waals surface area contributed by atoms with Crippen molar-refractivity contribution in [3.05, 3.63) is 23.8 Å². The van der Waals surface area contributed by atoms with Gasteiger partial charge in [0.2, 0.25) is 0 Å². The molecule has 0 aromatic heterocycles. The van der Waals surface area contributed by atoms with Gasteiger partial charge >= 0.3 is 0 Å². The molecule has 1 N–H and O–H groups in total. The standard InChI is InChI=1S/C16H25NO2/c1-4-14(5-2)17-12(3)13-7-8-15-16(11-13)19-10-6-9-18-15/h7-8,11-12,14,17H,4-6,9-10H2,1-3H3. The molecule has 1 aliphatic heterocycles. The van der Waals surface area contributed by atoms with E-state index in [0.29, 0.717) is 12.1 Å². The molecule has 0 saturated heterocycles. The van der Waals surface area contributed by atoms with E-state index in [1.165, 1.54) is 5.56 Å². The molecule has 1 atom stereocenters. The Morgan fingerprint density at radius 2 is 1.79 bits per heavy atom. The third-order valence-corrected chi connectivity index (χ3v) is 3.74. The maximum absolute atomic E-state index is 5.74. The summed E-state index contributed by atoms with van der Waals surface area (Å²) in [6.45, 7) is 8.14. The Kier molecular flexibility index (Phi) is 5.08. The quantitative estimate of drug-likeness (QED) is 0.879. The lowest BCUT2D eigenvalue weighted by Crippen LogP contribution is -2.30. The monoisotopic (exact) mass is 263 g/mol. The smallest absolute Gasteiger partial charge is 0.161 e. The fourth-order valence-electron chi connectivity index (χ4n) is 2.42. The molecule has 1 heterocycles. The molecule has 1 aromatic rings. The largest absolute Gasteiger partial charge is 0.490 e. The number of ether oxygens (including phenoxy) is 2. The van der Waals surface area contributed by atoms with Gasteiger partial charge in [-0.3, -0.25) is 0 Å². The van der Waals surface area contributed by atoms with E-state index in [9.17, 15) is 0 Å².